The molecule has 0 aliphatic heterocycles. The van der Waals surface area contributed by atoms with Crippen molar-refractivity contribution in [3.63, 3.8) is 0 Å². The molecule has 32 heavy (non-hydrogen) atoms. The van der Waals surface area contributed by atoms with Crippen LogP contribution in [-0.2, 0) is 17.9 Å². The van der Waals surface area contributed by atoms with Gasteiger partial charge in [0.15, 0.2) is 6.54 Å². The van der Waals surface area contributed by atoms with Crippen LogP contribution in [0.2, 0.25) is 0 Å². The molecule has 0 radical (unpaired) electrons. The molecule has 0 aliphatic carbocycles. The molecule has 7 N–H and O–H groups in total. The number of carbonyl (C=O) groups excluding carboxylic acids is 1. The summed E-state index contributed by atoms with van der Waals surface area (Å²) in [6.45, 7) is 1.30. The molecule has 0 fully saturated rings. The maximum atomic E-state index is 11.7. The molecule has 8 heteroatoms. The van der Waals surface area contributed by atoms with E-state index < -0.39 is 0 Å². The zero-order valence-corrected chi connectivity index (χ0v) is 19.0. The lowest BCUT2D eigenvalue weighted by molar-refractivity contribution is -0.386. The van der Waals surface area contributed by atoms with Gasteiger partial charge in [0.1, 0.15) is 0 Å². The molecular weight excluding hydrogens is 445 g/mol. The average molecular weight is 470 g/mol. The van der Waals surface area contributed by atoms with Crippen LogP contribution >= 0.6 is 0 Å². The highest BCUT2D eigenvalue weighted by Crippen LogP contribution is 2.34. The lowest BCUT2D eigenvalue weighted by atomic mass is 9.96. The standard InChI is InChI=1S/C24H23N5O.2ClH/c25-13-16-6-8-18(9-7-16)24-19(17-4-2-1-3-5-17)12-20-21(29-24)10-11-27-22(20)15-28-23(30)14-26;;/h1-12H,13-15,25-26H2,(H,28,30);2*1H. The van der Waals surface area contributed by atoms with Crippen molar-refractivity contribution in [1.82, 2.24) is 15.3 Å². The number of pyridine rings is 2. The molecule has 0 unspecified atom stereocenters. The van der Waals surface area contributed by atoms with Crippen molar-refractivity contribution >= 4 is 16.8 Å². The molecule has 0 saturated carbocycles. The van der Waals surface area contributed by atoms with Crippen LogP contribution in [0, 0.1) is 0 Å². The van der Waals surface area contributed by atoms with E-state index in [1.807, 2.05) is 24.3 Å². The van der Waals surface area contributed by atoms with Crippen LogP contribution in [0.3, 0.4) is 0 Å². The Morgan fingerprint density at radius 2 is 1.62 bits per heavy atom. The van der Waals surface area contributed by atoms with E-state index in [-0.39, 0.29) is 37.3 Å². The summed E-state index contributed by atoms with van der Waals surface area (Å²) in [5, 5.41) is 3.79. The summed E-state index contributed by atoms with van der Waals surface area (Å²) in [5.41, 5.74) is 14.5. The minimum atomic E-state index is -0.104. The number of benzene rings is 2. The Labute approximate surface area is 199 Å². The summed E-state index contributed by atoms with van der Waals surface area (Å²) in [7, 11) is 0. The van der Waals surface area contributed by atoms with Gasteiger partial charge in [0.2, 0.25) is 0 Å². The molecule has 2 aromatic heterocycles. The topological polar surface area (TPSA) is 110 Å². The van der Waals surface area contributed by atoms with Crippen molar-refractivity contribution in [1.29, 1.82) is 0 Å². The molecule has 0 atom stereocenters. The van der Waals surface area contributed by atoms with E-state index >= 15 is 0 Å². The number of hydrogen-bond acceptors (Lipinski definition) is 3. The first-order valence-electron chi connectivity index (χ1n) is 9.98. The van der Waals surface area contributed by atoms with Gasteiger partial charge in [-0.3, -0.25) is 9.78 Å². The molecule has 0 saturated heterocycles. The van der Waals surface area contributed by atoms with Crippen LogP contribution in [0.1, 0.15) is 11.3 Å². The van der Waals surface area contributed by atoms with Crippen molar-refractivity contribution in [2.75, 3.05) is 6.54 Å². The van der Waals surface area contributed by atoms with Crippen molar-refractivity contribution in [3.05, 3.63) is 84.2 Å². The maximum Gasteiger partial charge on any atom is 0.275 e. The Balaban J connectivity index is 0.00000181. The Kier molecular flexibility index (Phi) is 9.11. The number of carbonyl (C=O) groups is 1. The molecule has 6 nitrogen and oxygen atoms in total. The van der Waals surface area contributed by atoms with E-state index in [9.17, 15) is 4.79 Å². The van der Waals surface area contributed by atoms with Crippen LogP contribution in [0.15, 0.2) is 72.9 Å². The van der Waals surface area contributed by atoms with E-state index in [2.05, 4.69) is 64.2 Å². The van der Waals surface area contributed by atoms with E-state index in [1.54, 1.807) is 6.20 Å². The van der Waals surface area contributed by atoms with Crippen LogP contribution in [-0.4, -0.2) is 22.4 Å². The van der Waals surface area contributed by atoms with E-state index in [0.29, 0.717) is 6.54 Å². The summed E-state index contributed by atoms with van der Waals surface area (Å²) in [6.07, 6.45) is 1.73. The molecular formula is C24H25Cl2N5O. The fourth-order valence-electron chi connectivity index (χ4n) is 3.45. The lowest BCUT2D eigenvalue weighted by Gasteiger charge is -2.14. The Bertz CT molecular complexity index is 1180. The SMILES string of the molecule is [Cl-].[Cl-].[NH3+]CC(=O)NCc1nccc2nc(-c3ccc(C[NH3+])cc3)c(-c3ccccc3)cc12. The first-order chi connectivity index (χ1) is 14.7. The van der Waals surface area contributed by atoms with E-state index in [4.69, 9.17) is 4.98 Å². The van der Waals surface area contributed by atoms with Crippen LogP contribution in [0.5, 0.6) is 0 Å². The van der Waals surface area contributed by atoms with Crippen molar-refractivity contribution in [2.24, 2.45) is 0 Å². The predicted molar refractivity (Wildman–Crippen MR) is 117 cm³/mol. The second kappa shape index (κ2) is 11.5. The fourth-order valence-corrected chi connectivity index (χ4v) is 3.45. The summed E-state index contributed by atoms with van der Waals surface area (Å²) in [4.78, 5) is 21.2. The predicted octanol–water partition coefficient (Wildman–Crippen LogP) is -4.43. The minimum absolute atomic E-state index is 0. The van der Waals surface area contributed by atoms with Crippen molar-refractivity contribution < 1.29 is 41.1 Å². The maximum absolute atomic E-state index is 11.7. The quantitative estimate of drug-likeness (QED) is 0.265. The molecule has 2 heterocycles. The van der Waals surface area contributed by atoms with Gasteiger partial charge in [-0.1, -0.05) is 54.6 Å². The first kappa shape index (κ1) is 25.2. The molecule has 0 spiro atoms. The van der Waals surface area contributed by atoms with E-state index in [1.165, 1.54) is 5.56 Å². The van der Waals surface area contributed by atoms with Gasteiger partial charge in [-0.2, -0.15) is 0 Å². The van der Waals surface area contributed by atoms with Gasteiger partial charge in [0, 0.05) is 28.3 Å². The van der Waals surface area contributed by atoms with Gasteiger partial charge in [-0.25, -0.2) is 4.98 Å². The number of rotatable bonds is 6. The third-order valence-corrected chi connectivity index (χ3v) is 5.11. The molecule has 0 aliphatic rings. The molecule has 4 aromatic rings. The van der Waals surface area contributed by atoms with Gasteiger partial charge in [-0.15, -0.1) is 0 Å². The number of nitrogens with one attached hydrogen (secondary N) is 1. The summed E-state index contributed by atoms with van der Waals surface area (Å²) < 4.78 is 0. The third kappa shape index (κ3) is 5.41. The lowest BCUT2D eigenvalue weighted by Crippen LogP contribution is -3.00. The highest BCUT2D eigenvalue weighted by molar-refractivity contribution is 5.92. The zero-order valence-electron chi connectivity index (χ0n) is 17.5. The zero-order chi connectivity index (χ0) is 20.9. The smallest absolute Gasteiger partial charge is 0.275 e. The number of amides is 1. The van der Waals surface area contributed by atoms with Gasteiger partial charge in [0.25, 0.3) is 5.91 Å². The Morgan fingerprint density at radius 3 is 2.28 bits per heavy atom. The summed E-state index contributed by atoms with van der Waals surface area (Å²) in [6, 6.07) is 22.6. The number of hydrogen-bond donors (Lipinski definition) is 3. The minimum Gasteiger partial charge on any atom is -1.00 e. The molecule has 0 bridgehead atoms. The summed E-state index contributed by atoms with van der Waals surface area (Å²) >= 11 is 0. The highest BCUT2D eigenvalue weighted by atomic mass is 35.5. The molecule has 1 amide bonds. The van der Waals surface area contributed by atoms with Crippen molar-refractivity contribution in [3.8, 4) is 22.4 Å². The summed E-state index contributed by atoms with van der Waals surface area (Å²) in [5.74, 6) is -0.104. The second-order valence-corrected chi connectivity index (χ2v) is 7.05. The normalized spacial score (nSPS) is 10.2. The number of halogens is 2. The van der Waals surface area contributed by atoms with Crippen LogP contribution < -0.4 is 41.6 Å². The Morgan fingerprint density at radius 1 is 0.906 bits per heavy atom. The van der Waals surface area contributed by atoms with Gasteiger partial charge in [0.05, 0.1) is 30.0 Å². The number of quaternary nitrogens is 2. The van der Waals surface area contributed by atoms with Gasteiger partial charge in [-0.05, 0) is 17.7 Å². The fraction of sp³-hybridized carbons (Fsp3) is 0.125. The van der Waals surface area contributed by atoms with Gasteiger partial charge < -0.3 is 41.6 Å². The largest absolute Gasteiger partial charge is 1.00 e. The average Bonchev–Trinajstić information content (AvgIpc) is 2.82. The van der Waals surface area contributed by atoms with Crippen LogP contribution in [0.4, 0.5) is 0 Å². The Hall–Kier alpha value is -3.03. The molecule has 2 aromatic carbocycles. The highest BCUT2D eigenvalue weighted by Gasteiger charge is 2.14. The number of nitrogens with zero attached hydrogens (tertiary/aromatic N) is 2. The van der Waals surface area contributed by atoms with E-state index in [0.717, 1.165) is 45.5 Å². The molecule has 4 rings (SSSR count). The number of aromatic nitrogens is 2. The second-order valence-electron chi connectivity index (χ2n) is 7.05. The molecule has 166 valence electrons. The van der Waals surface area contributed by atoms with Gasteiger partial charge >= 0.3 is 0 Å². The number of fused-ring (bicyclic) bond motifs is 1. The van der Waals surface area contributed by atoms with Crippen LogP contribution in [0.25, 0.3) is 33.3 Å². The monoisotopic (exact) mass is 469 g/mol. The van der Waals surface area contributed by atoms with Crippen molar-refractivity contribution in [2.45, 2.75) is 13.1 Å². The third-order valence-electron chi connectivity index (χ3n) is 5.11. The first-order valence-corrected chi connectivity index (χ1v) is 9.98.